The number of likely N-dealkylation sites (N-methyl/N-ethyl adjacent to an activating group) is 1. The standard InChI is InChI=1S/C14H22N4O2/c1-4-18-7-5-6-11(8-18)15-13-12(14(19)20)9(2)10(3)16-17-13/h11H,4-8H2,1-3H3,(H,15,17)(H,19,20). The van der Waals surface area contributed by atoms with Crippen LogP contribution in [0.1, 0.15) is 41.4 Å². The molecule has 1 unspecified atom stereocenters. The van der Waals surface area contributed by atoms with Gasteiger partial charge in [0.1, 0.15) is 5.56 Å². The maximum absolute atomic E-state index is 11.4. The highest BCUT2D eigenvalue weighted by Gasteiger charge is 2.23. The van der Waals surface area contributed by atoms with E-state index in [1.807, 2.05) is 0 Å². The average molecular weight is 278 g/mol. The van der Waals surface area contributed by atoms with Gasteiger partial charge in [0.25, 0.3) is 0 Å². The molecule has 0 aromatic carbocycles. The molecule has 1 fully saturated rings. The molecular weight excluding hydrogens is 256 g/mol. The fourth-order valence-corrected chi connectivity index (χ4v) is 2.63. The molecule has 2 rings (SSSR count). The number of piperidine rings is 1. The van der Waals surface area contributed by atoms with E-state index in [2.05, 4.69) is 27.3 Å². The minimum atomic E-state index is -0.953. The Morgan fingerprint density at radius 3 is 2.85 bits per heavy atom. The van der Waals surface area contributed by atoms with E-state index in [1.165, 1.54) is 0 Å². The van der Waals surface area contributed by atoms with Gasteiger partial charge in [-0.3, -0.25) is 0 Å². The first-order valence-electron chi connectivity index (χ1n) is 7.09. The Morgan fingerprint density at radius 1 is 1.45 bits per heavy atom. The Labute approximate surface area is 119 Å². The maximum atomic E-state index is 11.4. The normalized spacial score (nSPS) is 19.9. The Morgan fingerprint density at radius 2 is 2.20 bits per heavy atom. The molecule has 0 bridgehead atoms. The molecule has 110 valence electrons. The van der Waals surface area contributed by atoms with Gasteiger partial charge in [0.05, 0.1) is 5.69 Å². The number of likely N-dealkylation sites (tertiary alicyclic amines) is 1. The predicted octanol–water partition coefficient (Wildman–Crippen LogP) is 1.69. The highest BCUT2D eigenvalue weighted by atomic mass is 16.4. The molecule has 20 heavy (non-hydrogen) atoms. The van der Waals surface area contributed by atoms with Crippen LogP contribution in [0, 0.1) is 13.8 Å². The summed E-state index contributed by atoms with van der Waals surface area (Å²) in [7, 11) is 0. The molecule has 1 aromatic rings. The van der Waals surface area contributed by atoms with Crippen LogP contribution in [0.15, 0.2) is 0 Å². The van der Waals surface area contributed by atoms with Crippen molar-refractivity contribution < 1.29 is 9.90 Å². The summed E-state index contributed by atoms with van der Waals surface area (Å²) in [5.74, 6) is -0.560. The van der Waals surface area contributed by atoms with Gasteiger partial charge in [-0.15, -0.1) is 5.10 Å². The van der Waals surface area contributed by atoms with Gasteiger partial charge in [0.2, 0.25) is 0 Å². The summed E-state index contributed by atoms with van der Waals surface area (Å²) in [5.41, 5.74) is 1.58. The van der Waals surface area contributed by atoms with Gasteiger partial charge in [0, 0.05) is 12.6 Å². The lowest BCUT2D eigenvalue weighted by molar-refractivity contribution is 0.0696. The number of aryl methyl sites for hydroxylation is 1. The molecule has 2 N–H and O–H groups in total. The van der Waals surface area contributed by atoms with Gasteiger partial charge >= 0.3 is 5.97 Å². The molecule has 6 nitrogen and oxygen atoms in total. The fourth-order valence-electron chi connectivity index (χ4n) is 2.63. The zero-order chi connectivity index (χ0) is 14.7. The van der Waals surface area contributed by atoms with E-state index in [1.54, 1.807) is 13.8 Å². The zero-order valence-corrected chi connectivity index (χ0v) is 12.3. The first-order chi connectivity index (χ1) is 9.52. The summed E-state index contributed by atoms with van der Waals surface area (Å²) in [6.45, 7) is 8.74. The number of carboxylic acid groups (broad SMARTS) is 1. The number of aromatic carboxylic acids is 1. The van der Waals surface area contributed by atoms with E-state index in [9.17, 15) is 9.90 Å². The first-order valence-corrected chi connectivity index (χ1v) is 7.09. The zero-order valence-electron chi connectivity index (χ0n) is 12.3. The van der Waals surface area contributed by atoms with Crippen LogP contribution in [0.2, 0.25) is 0 Å². The number of anilines is 1. The van der Waals surface area contributed by atoms with Crippen LogP contribution in [0.4, 0.5) is 5.82 Å². The quantitative estimate of drug-likeness (QED) is 0.872. The number of aromatic nitrogens is 2. The minimum absolute atomic E-state index is 0.234. The van der Waals surface area contributed by atoms with Crippen LogP contribution in [-0.4, -0.2) is 51.8 Å². The van der Waals surface area contributed by atoms with Gasteiger partial charge in [-0.05, 0) is 45.3 Å². The fraction of sp³-hybridized carbons (Fsp3) is 0.643. The van der Waals surface area contributed by atoms with Crippen molar-refractivity contribution in [3.05, 3.63) is 16.8 Å². The Hall–Kier alpha value is -1.69. The SMILES string of the molecule is CCN1CCCC(Nc2nnc(C)c(C)c2C(=O)O)C1. The van der Waals surface area contributed by atoms with E-state index in [0.29, 0.717) is 17.1 Å². The number of hydrogen-bond acceptors (Lipinski definition) is 5. The Bertz CT molecular complexity index is 504. The Kier molecular flexibility index (Phi) is 4.54. The molecule has 0 aliphatic carbocycles. The highest BCUT2D eigenvalue weighted by molar-refractivity contribution is 5.94. The molecule has 1 saturated heterocycles. The van der Waals surface area contributed by atoms with Crippen molar-refractivity contribution in [1.82, 2.24) is 15.1 Å². The van der Waals surface area contributed by atoms with Gasteiger partial charge in [-0.1, -0.05) is 6.92 Å². The molecule has 2 heterocycles. The largest absolute Gasteiger partial charge is 0.478 e. The molecule has 0 amide bonds. The molecule has 1 aromatic heterocycles. The molecule has 6 heteroatoms. The summed E-state index contributed by atoms with van der Waals surface area (Å²) in [4.78, 5) is 13.8. The van der Waals surface area contributed by atoms with Crippen molar-refractivity contribution in [2.45, 2.75) is 39.7 Å². The predicted molar refractivity (Wildman–Crippen MR) is 77.2 cm³/mol. The highest BCUT2D eigenvalue weighted by Crippen LogP contribution is 2.21. The van der Waals surface area contributed by atoms with Gasteiger partial charge in [0.15, 0.2) is 5.82 Å². The van der Waals surface area contributed by atoms with Crippen molar-refractivity contribution in [2.24, 2.45) is 0 Å². The number of nitrogens with one attached hydrogen (secondary N) is 1. The minimum Gasteiger partial charge on any atom is -0.478 e. The van der Waals surface area contributed by atoms with Gasteiger partial charge in [-0.25, -0.2) is 4.79 Å². The molecule has 1 atom stereocenters. The van der Waals surface area contributed by atoms with Crippen LogP contribution in [0.3, 0.4) is 0 Å². The second-order valence-corrected chi connectivity index (χ2v) is 5.32. The van der Waals surface area contributed by atoms with Crippen LogP contribution < -0.4 is 5.32 Å². The van der Waals surface area contributed by atoms with Crippen molar-refractivity contribution in [3.8, 4) is 0 Å². The van der Waals surface area contributed by atoms with Crippen molar-refractivity contribution >= 4 is 11.8 Å². The monoisotopic (exact) mass is 278 g/mol. The third-order valence-electron chi connectivity index (χ3n) is 3.96. The lowest BCUT2D eigenvalue weighted by Gasteiger charge is -2.32. The molecule has 1 aliphatic rings. The third kappa shape index (κ3) is 3.07. The molecule has 0 saturated carbocycles. The summed E-state index contributed by atoms with van der Waals surface area (Å²) >= 11 is 0. The number of nitrogens with zero attached hydrogens (tertiary/aromatic N) is 3. The number of rotatable bonds is 4. The molecule has 0 spiro atoms. The Balaban J connectivity index is 2.21. The maximum Gasteiger partial charge on any atom is 0.339 e. The number of carbonyl (C=O) groups is 1. The topological polar surface area (TPSA) is 78.3 Å². The van der Waals surface area contributed by atoms with Gasteiger partial charge < -0.3 is 15.3 Å². The van der Waals surface area contributed by atoms with Crippen molar-refractivity contribution in [2.75, 3.05) is 25.0 Å². The third-order valence-corrected chi connectivity index (χ3v) is 3.96. The van der Waals surface area contributed by atoms with E-state index < -0.39 is 5.97 Å². The van der Waals surface area contributed by atoms with E-state index in [-0.39, 0.29) is 11.6 Å². The van der Waals surface area contributed by atoms with Crippen molar-refractivity contribution in [1.29, 1.82) is 0 Å². The summed E-state index contributed by atoms with van der Waals surface area (Å²) < 4.78 is 0. The summed E-state index contributed by atoms with van der Waals surface area (Å²) in [5, 5.41) is 20.7. The molecular formula is C14H22N4O2. The second kappa shape index (κ2) is 6.17. The van der Waals surface area contributed by atoms with E-state index in [4.69, 9.17) is 0 Å². The summed E-state index contributed by atoms with van der Waals surface area (Å²) in [6.07, 6.45) is 2.15. The average Bonchev–Trinajstić information content (AvgIpc) is 2.43. The smallest absolute Gasteiger partial charge is 0.339 e. The van der Waals surface area contributed by atoms with E-state index >= 15 is 0 Å². The number of hydrogen-bond donors (Lipinski definition) is 2. The lowest BCUT2D eigenvalue weighted by Crippen LogP contribution is -2.42. The second-order valence-electron chi connectivity index (χ2n) is 5.32. The van der Waals surface area contributed by atoms with E-state index in [0.717, 1.165) is 32.5 Å². The lowest BCUT2D eigenvalue weighted by atomic mass is 10.0. The van der Waals surface area contributed by atoms with Gasteiger partial charge in [-0.2, -0.15) is 5.10 Å². The summed E-state index contributed by atoms with van der Waals surface area (Å²) in [6, 6.07) is 0.234. The van der Waals surface area contributed by atoms with Crippen molar-refractivity contribution in [3.63, 3.8) is 0 Å². The van der Waals surface area contributed by atoms with Crippen LogP contribution in [0.25, 0.3) is 0 Å². The molecule has 1 aliphatic heterocycles. The van der Waals surface area contributed by atoms with Crippen LogP contribution in [-0.2, 0) is 0 Å². The molecule has 0 radical (unpaired) electrons. The number of carboxylic acids is 1. The van der Waals surface area contributed by atoms with Crippen LogP contribution in [0.5, 0.6) is 0 Å². The first kappa shape index (κ1) is 14.7. The van der Waals surface area contributed by atoms with Crippen LogP contribution >= 0.6 is 0 Å².